The third-order valence-electron chi connectivity index (χ3n) is 5.05. The van der Waals surface area contributed by atoms with Gasteiger partial charge in [-0.1, -0.05) is 5.57 Å². The minimum Gasteiger partial charge on any atom is -0.465 e. The van der Waals surface area contributed by atoms with E-state index < -0.39 is 6.09 Å². The van der Waals surface area contributed by atoms with E-state index in [1.807, 2.05) is 17.5 Å². The first kappa shape index (κ1) is 16.4. The highest BCUT2D eigenvalue weighted by atomic mass is 32.1. The number of hydrogen-bond acceptors (Lipinski definition) is 4. The van der Waals surface area contributed by atoms with Crippen LogP contribution in [0.2, 0.25) is 0 Å². The molecule has 4 heterocycles. The molecule has 0 bridgehead atoms. The molecular weight excluding hydrogens is 336 g/mol. The SMILES string of the molecule is O=C(O)NCCN1CCC(=C2c3sccc3CCn3ccnc32)CC1. The Bertz CT molecular complexity index is 753. The van der Waals surface area contributed by atoms with Crippen LogP contribution in [0.25, 0.3) is 5.57 Å². The Morgan fingerprint density at radius 1 is 1.28 bits per heavy atom. The van der Waals surface area contributed by atoms with E-state index in [4.69, 9.17) is 5.11 Å². The lowest BCUT2D eigenvalue weighted by Gasteiger charge is -2.29. The van der Waals surface area contributed by atoms with Crippen molar-refractivity contribution in [3.05, 3.63) is 45.7 Å². The third-order valence-corrected chi connectivity index (χ3v) is 6.03. The molecule has 25 heavy (non-hydrogen) atoms. The van der Waals surface area contributed by atoms with Crippen LogP contribution in [0.4, 0.5) is 4.79 Å². The van der Waals surface area contributed by atoms with E-state index in [0.29, 0.717) is 6.54 Å². The summed E-state index contributed by atoms with van der Waals surface area (Å²) in [5.74, 6) is 1.11. The van der Waals surface area contributed by atoms with Crippen molar-refractivity contribution in [3.63, 3.8) is 0 Å². The molecule has 2 aromatic heterocycles. The Morgan fingerprint density at radius 2 is 2.12 bits per heavy atom. The zero-order chi connectivity index (χ0) is 17.2. The standard InChI is InChI=1S/C18H22N4O2S/c23-18(24)20-5-10-21-7-1-13(2-8-21)15-16-14(4-12-25-16)3-9-22-11-6-19-17(15)22/h4,6,11-12,20H,1-3,5,7-10H2,(H,23,24). The summed E-state index contributed by atoms with van der Waals surface area (Å²) < 4.78 is 2.28. The van der Waals surface area contributed by atoms with Crippen LogP contribution < -0.4 is 5.32 Å². The summed E-state index contributed by atoms with van der Waals surface area (Å²) in [5.41, 5.74) is 4.27. The highest BCUT2D eigenvalue weighted by molar-refractivity contribution is 7.11. The molecule has 2 aromatic rings. The number of aromatic nitrogens is 2. The number of hydrogen-bond donors (Lipinski definition) is 2. The van der Waals surface area contributed by atoms with Crippen molar-refractivity contribution < 1.29 is 9.90 Å². The lowest BCUT2D eigenvalue weighted by atomic mass is 9.95. The normalized spacial score (nSPS) is 17.8. The number of imidazole rings is 1. The van der Waals surface area contributed by atoms with E-state index in [1.165, 1.54) is 21.6 Å². The minimum absolute atomic E-state index is 0.487. The summed E-state index contributed by atoms with van der Waals surface area (Å²) in [6.45, 7) is 4.19. The topological polar surface area (TPSA) is 70.4 Å². The first-order valence-corrected chi connectivity index (χ1v) is 9.60. The van der Waals surface area contributed by atoms with Crippen LogP contribution in [0, 0.1) is 0 Å². The first-order chi connectivity index (χ1) is 12.2. The average Bonchev–Trinajstić information content (AvgIpc) is 3.22. The van der Waals surface area contributed by atoms with Crippen molar-refractivity contribution in [2.24, 2.45) is 0 Å². The number of nitrogens with zero attached hydrogens (tertiary/aromatic N) is 3. The summed E-state index contributed by atoms with van der Waals surface area (Å²) in [6, 6.07) is 2.25. The molecule has 0 atom stereocenters. The van der Waals surface area contributed by atoms with Gasteiger partial charge in [-0.2, -0.15) is 0 Å². The molecular formula is C18H22N4O2S. The quantitative estimate of drug-likeness (QED) is 0.885. The molecule has 1 fully saturated rings. The van der Waals surface area contributed by atoms with Crippen molar-refractivity contribution in [2.75, 3.05) is 26.2 Å². The molecule has 6 nitrogen and oxygen atoms in total. The Balaban J connectivity index is 1.56. The Morgan fingerprint density at radius 3 is 2.92 bits per heavy atom. The highest BCUT2D eigenvalue weighted by Crippen LogP contribution is 2.38. The van der Waals surface area contributed by atoms with Crippen molar-refractivity contribution >= 4 is 23.0 Å². The molecule has 0 spiro atoms. The Kier molecular flexibility index (Phi) is 4.59. The van der Waals surface area contributed by atoms with Crippen molar-refractivity contribution in [1.82, 2.24) is 19.8 Å². The number of carboxylic acid groups (broad SMARTS) is 1. The van der Waals surface area contributed by atoms with Gasteiger partial charge in [-0.05, 0) is 36.3 Å². The van der Waals surface area contributed by atoms with Gasteiger partial charge in [0.05, 0.1) is 0 Å². The maximum atomic E-state index is 10.6. The van der Waals surface area contributed by atoms with Crippen LogP contribution in [0.3, 0.4) is 0 Å². The number of likely N-dealkylation sites (tertiary alicyclic amines) is 1. The molecule has 1 amide bonds. The van der Waals surface area contributed by atoms with Gasteiger partial charge < -0.3 is 19.9 Å². The molecule has 4 rings (SSSR count). The van der Waals surface area contributed by atoms with Crippen molar-refractivity contribution in [3.8, 4) is 0 Å². The Hall–Kier alpha value is -2.12. The number of rotatable bonds is 3. The molecule has 2 aliphatic rings. The van der Waals surface area contributed by atoms with E-state index in [9.17, 15) is 4.79 Å². The van der Waals surface area contributed by atoms with Gasteiger partial charge in [0.1, 0.15) is 5.82 Å². The number of nitrogens with one attached hydrogen (secondary N) is 1. The van der Waals surface area contributed by atoms with Gasteiger partial charge in [0.25, 0.3) is 0 Å². The zero-order valence-corrected chi connectivity index (χ0v) is 14.9. The second-order valence-electron chi connectivity index (χ2n) is 6.52. The zero-order valence-electron chi connectivity index (χ0n) is 14.1. The van der Waals surface area contributed by atoms with Crippen molar-refractivity contribution in [2.45, 2.75) is 25.8 Å². The van der Waals surface area contributed by atoms with Gasteiger partial charge in [-0.3, -0.25) is 0 Å². The third kappa shape index (κ3) is 3.34. The lowest BCUT2D eigenvalue weighted by Crippen LogP contribution is -2.37. The van der Waals surface area contributed by atoms with Crippen LogP contribution in [0.15, 0.2) is 29.4 Å². The van der Waals surface area contributed by atoms with Gasteiger partial charge in [-0.25, -0.2) is 9.78 Å². The number of amides is 1. The second-order valence-corrected chi connectivity index (χ2v) is 7.44. The summed E-state index contributed by atoms with van der Waals surface area (Å²) in [5, 5.41) is 13.3. The number of fused-ring (bicyclic) bond motifs is 2. The largest absolute Gasteiger partial charge is 0.465 e. The number of piperidine rings is 1. The molecule has 132 valence electrons. The molecule has 0 unspecified atom stereocenters. The molecule has 0 radical (unpaired) electrons. The minimum atomic E-state index is -0.949. The van der Waals surface area contributed by atoms with E-state index in [-0.39, 0.29) is 0 Å². The van der Waals surface area contributed by atoms with E-state index in [2.05, 4.69) is 37.4 Å². The average molecular weight is 358 g/mol. The van der Waals surface area contributed by atoms with Crippen LogP contribution in [0.5, 0.6) is 0 Å². The summed E-state index contributed by atoms with van der Waals surface area (Å²) in [4.78, 5) is 19.0. The van der Waals surface area contributed by atoms with Gasteiger partial charge >= 0.3 is 6.09 Å². The second kappa shape index (κ2) is 7.01. The number of carbonyl (C=O) groups is 1. The fraction of sp³-hybridized carbons (Fsp3) is 0.444. The predicted octanol–water partition coefficient (Wildman–Crippen LogP) is 2.67. The maximum Gasteiger partial charge on any atom is 0.404 e. The lowest BCUT2D eigenvalue weighted by molar-refractivity contribution is 0.190. The van der Waals surface area contributed by atoms with E-state index in [0.717, 1.165) is 51.3 Å². The van der Waals surface area contributed by atoms with E-state index >= 15 is 0 Å². The molecule has 0 aliphatic carbocycles. The fourth-order valence-corrected chi connectivity index (χ4v) is 4.79. The molecule has 1 saturated heterocycles. The molecule has 7 heteroatoms. The molecule has 2 N–H and O–H groups in total. The predicted molar refractivity (Wildman–Crippen MR) is 98.0 cm³/mol. The van der Waals surface area contributed by atoms with Crippen molar-refractivity contribution in [1.29, 1.82) is 0 Å². The molecule has 0 aromatic carbocycles. The van der Waals surface area contributed by atoms with Crippen LogP contribution in [-0.2, 0) is 13.0 Å². The van der Waals surface area contributed by atoms with Gasteiger partial charge in [-0.15, -0.1) is 11.3 Å². The van der Waals surface area contributed by atoms with Crippen LogP contribution >= 0.6 is 11.3 Å². The first-order valence-electron chi connectivity index (χ1n) is 8.72. The Labute approximate surface area is 150 Å². The summed E-state index contributed by atoms with van der Waals surface area (Å²) >= 11 is 1.83. The fourth-order valence-electron chi connectivity index (χ4n) is 3.75. The summed E-state index contributed by atoms with van der Waals surface area (Å²) in [6.07, 6.45) is 6.14. The molecule has 0 saturated carbocycles. The van der Waals surface area contributed by atoms with Crippen LogP contribution in [0.1, 0.15) is 29.1 Å². The van der Waals surface area contributed by atoms with Gasteiger partial charge in [0.15, 0.2) is 0 Å². The monoisotopic (exact) mass is 358 g/mol. The van der Waals surface area contributed by atoms with Gasteiger partial charge in [0, 0.05) is 55.6 Å². The maximum absolute atomic E-state index is 10.6. The number of aryl methyl sites for hydroxylation is 2. The smallest absolute Gasteiger partial charge is 0.404 e. The molecule has 2 aliphatic heterocycles. The van der Waals surface area contributed by atoms with Gasteiger partial charge in [0.2, 0.25) is 0 Å². The highest BCUT2D eigenvalue weighted by Gasteiger charge is 2.25. The summed E-state index contributed by atoms with van der Waals surface area (Å²) in [7, 11) is 0. The van der Waals surface area contributed by atoms with E-state index in [1.54, 1.807) is 0 Å². The van der Waals surface area contributed by atoms with Crippen LogP contribution in [-0.4, -0.2) is 51.8 Å². The number of thiophene rings is 1.